The second-order valence-electron chi connectivity index (χ2n) is 4.87. The summed E-state index contributed by atoms with van der Waals surface area (Å²) < 4.78 is 12.8. The molecule has 0 bridgehead atoms. The Balaban J connectivity index is 2.00. The van der Waals surface area contributed by atoms with Crippen LogP contribution in [0.4, 0.5) is 15.8 Å². The number of nitrogens with zero attached hydrogens (tertiary/aromatic N) is 1. The van der Waals surface area contributed by atoms with Crippen LogP contribution in [0.25, 0.3) is 0 Å². The Morgan fingerprint density at radius 2 is 2.00 bits per heavy atom. The van der Waals surface area contributed by atoms with Crippen molar-refractivity contribution in [2.45, 2.75) is 6.54 Å². The summed E-state index contributed by atoms with van der Waals surface area (Å²) in [5, 5.41) is 14.8. The van der Waals surface area contributed by atoms with Gasteiger partial charge in [0.1, 0.15) is 17.5 Å². The van der Waals surface area contributed by atoms with Crippen LogP contribution in [0, 0.1) is 17.1 Å². The molecule has 0 fully saturated rings. The topological polar surface area (TPSA) is 90.9 Å². The maximum atomic E-state index is 12.8. The van der Waals surface area contributed by atoms with Gasteiger partial charge in [-0.3, -0.25) is 4.79 Å². The summed E-state index contributed by atoms with van der Waals surface area (Å²) in [5.74, 6) is -0.928. The minimum absolute atomic E-state index is 0.120. The number of amides is 1. The Kier molecular flexibility index (Phi) is 5.77. The molecule has 7 heteroatoms. The summed E-state index contributed by atoms with van der Waals surface area (Å²) >= 11 is 5.98. The Morgan fingerprint density at radius 1 is 1.29 bits per heavy atom. The number of nitrogens with one attached hydrogen (secondary N) is 2. The lowest BCUT2D eigenvalue weighted by Gasteiger charge is -2.07. The third kappa shape index (κ3) is 4.73. The minimum Gasteiger partial charge on any atom is -0.399 e. The van der Waals surface area contributed by atoms with E-state index in [0.717, 1.165) is 5.56 Å². The zero-order chi connectivity index (χ0) is 17.5. The van der Waals surface area contributed by atoms with E-state index in [9.17, 15) is 9.18 Å². The Hall–Kier alpha value is -3.04. The largest absolute Gasteiger partial charge is 0.399 e. The molecule has 2 rings (SSSR count). The number of halogens is 2. The highest BCUT2D eigenvalue weighted by molar-refractivity contribution is 6.34. The second-order valence-corrected chi connectivity index (χ2v) is 5.28. The van der Waals surface area contributed by atoms with Crippen molar-refractivity contribution in [3.8, 4) is 6.07 Å². The quantitative estimate of drug-likeness (QED) is 0.441. The fraction of sp³-hybridized carbons (Fsp3) is 0.0588. The molecule has 1 amide bonds. The van der Waals surface area contributed by atoms with Gasteiger partial charge >= 0.3 is 0 Å². The summed E-state index contributed by atoms with van der Waals surface area (Å²) in [4.78, 5) is 12.1. The second kappa shape index (κ2) is 7.99. The molecule has 2 aromatic carbocycles. The lowest BCUT2D eigenvalue weighted by atomic mass is 10.2. The molecular weight excluding hydrogens is 331 g/mol. The fourth-order valence-corrected chi connectivity index (χ4v) is 2.08. The van der Waals surface area contributed by atoms with Crippen molar-refractivity contribution in [2.75, 3.05) is 11.1 Å². The van der Waals surface area contributed by atoms with Crippen molar-refractivity contribution in [1.29, 1.82) is 5.26 Å². The molecule has 5 nitrogen and oxygen atoms in total. The van der Waals surface area contributed by atoms with E-state index in [1.54, 1.807) is 24.3 Å². The number of nitrogens with two attached hydrogens (primary N) is 1. The molecule has 0 aliphatic carbocycles. The van der Waals surface area contributed by atoms with Crippen LogP contribution in [0.2, 0.25) is 5.02 Å². The lowest BCUT2D eigenvalue weighted by molar-refractivity contribution is -0.112. The predicted molar refractivity (Wildman–Crippen MR) is 91.4 cm³/mol. The first kappa shape index (κ1) is 17.3. The normalized spacial score (nSPS) is 10.8. The molecule has 0 atom stereocenters. The number of benzene rings is 2. The van der Waals surface area contributed by atoms with Crippen LogP contribution in [0.1, 0.15) is 5.56 Å². The molecule has 0 heterocycles. The van der Waals surface area contributed by atoms with E-state index < -0.39 is 5.91 Å². The number of nitrogen functional groups attached to an aromatic ring is 1. The van der Waals surface area contributed by atoms with Crippen molar-refractivity contribution < 1.29 is 9.18 Å². The molecule has 0 unspecified atom stereocenters. The van der Waals surface area contributed by atoms with Gasteiger partial charge in [-0.05, 0) is 35.9 Å². The maximum absolute atomic E-state index is 12.8. The van der Waals surface area contributed by atoms with Crippen LogP contribution < -0.4 is 16.4 Å². The zero-order valence-corrected chi connectivity index (χ0v) is 13.3. The van der Waals surface area contributed by atoms with Crippen LogP contribution in [0.5, 0.6) is 0 Å². The number of hydrogen-bond donors (Lipinski definition) is 3. The Morgan fingerprint density at radius 3 is 2.62 bits per heavy atom. The smallest absolute Gasteiger partial charge is 0.267 e. The number of rotatable bonds is 5. The molecule has 0 saturated heterocycles. The van der Waals surface area contributed by atoms with Gasteiger partial charge in [0.15, 0.2) is 0 Å². The van der Waals surface area contributed by atoms with Crippen molar-refractivity contribution in [3.05, 3.63) is 70.6 Å². The van der Waals surface area contributed by atoms with Crippen molar-refractivity contribution >= 4 is 28.9 Å². The molecule has 0 aliphatic heterocycles. The van der Waals surface area contributed by atoms with Gasteiger partial charge in [-0.2, -0.15) is 5.26 Å². The van der Waals surface area contributed by atoms with Crippen molar-refractivity contribution in [2.24, 2.45) is 0 Å². The molecule has 0 aromatic heterocycles. The molecule has 0 spiro atoms. The highest BCUT2D eigenvalue weighted by Gasteiger charge is 2.11. The molecule has 0 aliphatic rings. The van der Waals surface area contributed by atoms with E-state index in [2.05, 4.69) is 10.6 Å². The third-order valence-electron chi connectivity index (χ3n) is 3.07. The maximum Gasteiger partial charge on any atom is 0.267 e. The van der Waals surface area contributed by atoms with Crippen LogP contribution in [0.15, 0.2) is 54.2 Å². The van der Waals surface area contributed by atoms with E-state index >= 15 is 0 Å². The van der Waals surface area contributed by atoms with Gasteiger partial charge in [0.05, 0.1) is 10.7 Å². The minimum atomic E-state index is -0.601. The van der Waals surface area contributed by atoms with Gasteiger partial charge in [-0.1, -0.05) is 23.7 Å². The first-order valence-electron chi connectivity index (χ1n) is 6.94. The van der Waals surface area contributed by atoms with E-state index in [1.807, 2.05) is 6.07 Å². The zero-order valence-electron chi connectivity index (χ0n) is 12.5. The molecule has 2 aromatic rings. The third-order valence-corrected chi connectivity index (χ3v) is 3.38. The van der Waals surface area contributed by atoms with Gasteiger partial charge in [0, 0.05) is 18.4 Å². The van der Waals surface area contributed by atoms with Crippen molar-refractivity contribution in [1.82, 2.24) is 5.32 Å². The number of carbonyl (C=O) groups is 1. The van der Waals surface area contributed by atoms with Crippen LogP contribution in [-0.4, -0.2) is 5.91 Å². The Labute approximate surface area is 143 Å². The van der Waals surface area contributed by atoms with Gasteiger partial charge in [-0.25, -0.2) is 4.39 Å². The molecule has 24 heavy (non-hydrogen) atoms. The lowest BCUT2D eigenvalue weighted by Crippen LogP contribution is -2.17. The van der Waals surface area contributed by atoms with E-state index in [1.165, 1.54) is 24.4 Å². The SMILES string of the molecule is N#C/C(=C/NCc1ccc(F)cc1)C(=O)Nc1ccc(N)cc1Cl. The van der Waals surface area contributed by atoms with E-state index in [0.29, 0.717) is 17.9 Å². The van der Waals surface area contributed by atoms with Crippen LogP contribution in [0.3, 0.4) is 0 Å². The number of anilines is 2. The molecule has 0 saturated carbocycles. The Bertz CT molecular complexity index is 812. The predicted octanol–water partition coefficient (Wildman–Crippen LogP) is 3.20. The summed E-state index contributed by atoms with van der Waals surface area (Å²) in [5.41, 5.74) is 7.10. The first-order valence-corrected chi connectivity index (χ1v) is 7.32. The summed E-state index contributed by atoms with van der Waals surface area (Å²) in [6.07, 6.45) is 1.30. The number of hydrogen-bond acceptors (Lipinski definition) is 4. The summed E-state index contributed by atoms with van der Waals surface area (Å²) in [7, 11) is 0. The first-order chi connectivity index (χ1) is 11.5. The van der Waals surface area contributed by atoms with E-state index in [-0.39, 0.29) is 16.4 Å². The number of carbonyl (C=O) groups excluding carboxylic acids is 1. The molecule has 0 radical (unpaired) electrons. The highest BCUT2D eigenvalue weighted by Crippen LogP contribution is 2.24. The van der Waals surface area contributed by atoms with Crippen molar-refractivity contribution in [3.63, 3.8) is 0 Å². The van der Waals surface area contributed by atoms with Crippen LogP contribution in [-0.2, 0) is 11.3 Å². The number of nitriles is 1. The molecule has 4 N–H and O–H groups in total. The monoisotopic (exact) mass is 344 g/mol. The molecule has 122 valence electrons. The standard InChI is InChI=1S/C17H14ClFN4O/c18-15-7-14(21)5-6-16(15)23-17(24)12(8-20)10-22-9-11-1-3-13(19)4-2-11/h1-7,10,22H,9,21H2,(H,23,24)/b12-10-. The van der Waals surface area contributed by atoms with Gasteiger partial charge in [0.25, 0.3) is 5.91 Å². The van der Waals surface area contributed by atoms with Gasteiger partial charge in [-0.15, -0.1) is 0 Å². The summed E-state index contributed by atoms with van der Waals surface area (Å²) in [6.45, 7) is 0.349. The van der Waals surface area contributed by atoms with E-state index in [4.69, 9.17) is 22.6 Å². The van der Waals surface area contributed by atoms with Crippen LogP contribution >= 0.6 is 11.6 Å². The van der Waals surface area contributed by atoms with Gasteiger partial charge < -0.3 is 16.4 Å². The average molecular weight is 345 g/mol. The molecular formula is C17H14ClFN4O. The average Bonchev–Trinajstić information content (AvgIpc) is 2.56. The highest BCUT2D eigenvalue weighted by atomic mass is 35.5. The fourth-order valence-electron chi connectivity index (χ4n) is 1.84. The van der Waals surface area contributed by atoms with Gasteiger partial charge in [0.2, 0.25) is 0 Å². The summed E-state index contributed by atoms with van der Waals surface area (Å²) in [6, 6.07) is 12.3.